The number of hydrogen-bond donors (Lipinski definition) is 2. The number of hydrogen-bond acceptors (Lipinski definition) is 6. The van der Waals surface area contributed by atoms with Crippen LogP contribution < -0.4 is 11.2 Å². The third kappa shape index (κ3) is 5.05. The van der Waals surface area contributed by atoms with Gasteiger partial charge in [0.05, 0.1) is 22.3 Å². The summed E-state index contributed by atoms with van der Waals surface area (Å²) in [4.78, 5) is 15.1. The van der Waals surface area contributed by atoms with Crippen LogP contribution in [0.1, 0.15) is 5.56 Å². The summed E-state index contributed by atoms with van der Waals surface area (Å²) >= 11 is 0. The van der Waals surface area contributed by atoms with Crippen LogP contribution in [0.2, 0.25) is 0 Å². The van der Waals surface area contributed by atoms with Crippen molar-refractivity contribution in [3.05, 3.63) is 29.8 Å². The van der Waals surface area contributed by atoms with Gasteiger partial charge < -0.3 is 5.73 Å². The first-order valence-electron chi connectivity index (χ1n) is 5.31. The first-order chi connectivity index (χ1) is 8.95. The maximum Gasteiger partial charge on any atom is 0.245 e. The van der Waals surface area contributed by atoms with E-state index in [1.54, 1.807) is 0 Å². The molecule has 0 fully saturated rings. The zero-order valence-corrected chi connectivity index (χ0v) is 10.8. The van der Waals surface area contributed by atoms with Crippen LogP contribution in [0, 0.1) is 11.3 Å². The third-order valence-corrected chi connectivity index (χ3v) is 3.86. The second kappa shape index (κ2) is 6.84. The number of benzene rings is 1. The number of nitriles is 1. The zero-order chi connectivity index (χ0) is 14.3. The molecular formula is C11H13N3O4S. The number of nitrogens with zero attached hydrogens (tertiary/aromatic N) is 1. The molecule has 0 bridgehead atoms. The summed E-state index contributed by atoms with van der Waals surface area (Å²) in [5.74, 6) is -0.847. The highest BCUT2D eigenvalue weighted by Crippen LogP contribution is 2.11. The normalized spacial score (nSPS) is 10.9. The molecule has 0 radical (unpaired) electrons. The highest BCUT2D eigenvalue weighted by Gasteiger charge is 2.13. The maximum atomic E-state index is 11.9. The number of carbonyl (C=O) groups excluding carboxylic acids is 1. The molecule has 0 aromatic heterocycles. The van der Waals surface area contributed by atoms with Gasteiger partial charge in [-0.15, -0.1) is 0 Å². The monoisotopic (exact) mass is 283 g/mol. The quantitative estimate of drug-likeness (QED) is 0.506. The molecule has 7 nitrogen and oxygen atoms in total. The first kappa shape index (κ1) is 15.1. The molecule has 0 spiro atoms. The lowest BCUT2D eigenvalue weighted by atomic mass is 10.2. The lowest BCUT2D eigenvalue weighted by molar-refractivity contribution is -0.125. The molecule has 8 heteroatoms. The van der Waals surface area contributed by atoms with Gasteiger partial charge in [0.25, 0.3) is 0 Å². The molecule has 0 saturated heterocycles. The second-order valence-electron chi connectivity index (χ2n) is 3.60. The molecule has 102 valence electrons. The van der Waals surface area contributed by atoms with Crippen molar-refractivity contribution in [3.8, 4) is 6.07 Å². The molecular weight excluding hydrogens is 270 g/mol. The van der Waals surface area contributed by atoms with Gasteiger partial charge in [0, 0.05) is 6.54 Å². The van der Waals surface area contributed by atoms with Gasteiger partial charge in [0.2, 0.25) is 5.91 Å². The Balaban J connectivity index is 2.51. The molecule has 0 aliphatic heterocycles. The van der Waals surface area contributed by atoms with Gasteiger partial charge in [-0.05, 0) is 24.3 Å². The van der Waals surface area contributed by atoms with E-state index in [0.29, 0.717) is 5.56 Å². The summed E-state index contributed by atoms with van der Waals surface area (Å²) in [7, 11) is -3.45. The van der Waals surface area contributed by atoms with Gasteiger partial charge >= 0.3 is 0 Å². The lowest BCUT2D eigenvalue weighted by Crippen LogP contribution is -2.28. The van der Waals surface area contributed by atoms with Crippen LogP contribution in [0.15, 0.2) is 29.2 Å². The molecule has 1 rings (SSSR count). The Morgan fingerprint density at radius 3 is 2.53 bits per heavy atom. The van der Waals surface area contributed by atoms with Crippen LogP contribution >= 0.6 is 0 Å². The van der Waals surface area contributed by atoms with Crippen LogP contribution in [0.5, 0.6) is 0 Å². The number of rotatable bonds is 7. The van der Waals surface area contributed by atoms with Crippen molar-refractivity contribution in [1.29, 1.82) is 5.26 Å². The van der Waals surface area contributed by atoms with Crippen molar-refractivity contribution >= 4 is 15.7 Å². The van der Waals surface area contributed by atoms with Crippen molar-refractivity contribution in [2.24, 2.45) is 5.73 Å². The fraction of sp³-hybridized carbons (Fsp3) is 0.273. The summed E-state index contributed by atoms with van der Waals surface area (Å²) in [6.45, 7) is -0.299. The standard InChI is InChI=1S/C11H13N3O4S/c12-7-9-1-3-10(4-2-9)19(16,17)6-5-14-18-8-11(13)15/h1-4,14H,5-6,8H2,(H2,13,15). The Bertz CT molecular complexity index is 575. The molecule has 0 saturated carbocycles. The molecule has 0 atom stereocenters. The predicted molar refractivity (Wildman–Crippen MR) is 66.4 cm³/mol. The van der Waals surface area contributed by atoms with Gasteiger partial charge in [0.15, 0.2) is 9.84 Å². The summed E-state index contributed by atoms with van der Waals surface area (Å²) in [5.41, 5.74) is 7.55. The average molecular weight is 283 g/mol. The van der Waals surface area contributed by atoms with Gasteiger partial charge in [-0.25, -0.2) is 13.9 Å². The minimum atomic E-state index is -3.45. The van der Waals surface area contributed by atoms with E-state index in [9.17, 15) is 13.2 Å². The van der Waals surface area contributed by atoms with Crippen LogP contribution in [0.25, 0.3) is 0 Å². The predicted octanol–water partition coefficient (Wildman–Crippen LogP) is -0.662. The number of nitrogens with two attached hydrogens (primary N) is 1. The molecule has 0 heterocycles. The van der Waals surface area contributed by atoms with Gasteiger partial charge in [0.1, 0.15) is 6.61 Å². The van der Waals surface area contributed by atoms with Gasteiger partial charge in [-0.1, -0.05) is 0 Å². The second-order valence-corrected chi connectivity index (χ2v) is 5.71. The number of carbonyl (C=O) groups is 1. The first-order valence-corrected chi connectivity index (χ1v) is 6.97. The molecule has 3 N–H and O–H groups in total. The number of amides is 1. The summed E-state index contributed by atoms with van der Waals surface area (Å²) in [6.07, 6.45) is 0. The third-order valence-electron chi connectivity index (χ3n) is 2.13. The van der Waals surface area contributed by atoms with E-state index in [0.717, 1.165) is 0 Å². The van der Waals surface area contributed by atoms with E-state index in [1.807, 2.05) is 6.07 Å². The van der Waals surface area contributed by atoms with E-state index in [1.165, 1.54) is 24.3 Å². The highest BCUT2D eigenvalue weighted by molar-refractivity contribution is 7.91. The summed E-state index contributed by atoms with van der Waals surface area (Å²) in [5, 5.41) is 8.61. The largest absolute Gasteiger partial charge is 0.368 e. The highest BCUT2D eigenvalue weighted by atomic mass is 32.2. The molecule has 19 heavy (non-hydrogen) atoms. The van der Waals surface area contributed by atoms with Crippen molar-refractivity contribution in [2.75, 3.05) is 18.9 Å². The smallest absolute Gasteiger partial charge is 0.245 e. The van der Waals surface area contributed by atoms with E-state index in [2.05, 4.69) is 10.3 Å². The Kier molecular flexibility index (Phi) is 5.44. The fourth-order valence-corrected chi connectivity index (χ4v) is 2.36. The maximum absolute atomic E-state index is 11.9. The van der Waals surface area contributed by atoms with Crippen molar-refractivity contribution in [1.82, 2.24) is 5.48 Å². The Hall–Kier alpha value is -1.95. The summed E-state index contributed by atoms with van der Waals surface area (Å²) < 4.78 is 23.7. The fourth-order valence-electron chi connectivity index (χ4n) is 1.23. The van der Waals surface area contributed by atoms with Gasteiger partial charge in [-0.3, -0.25) is 9.63 Å². The zero-order valence-electron chi connectivity index (χ0n) is 10.00. The molecule has 1 aromatic rings. The number of nitrogens with one attached hydrogen (secondary N) is 1. The van der Waals surface area contributed by atoms with Gasteiger partial charge in [-0.2, -0.15) is 5.26 Å². The molecule has 0 aliphatic rings. The SMILES string of the molecule is N#Cc1ccc(S(=O)(=O)CCNOCC(N)=O)cc1. The minimum Gasteiger partial charge on any atom is -0.368 e. The number of hydroxylamine groups is 1. The molecule has 1 amide bonds. The van der Waals surface area contributed by atoms with E-state index >= 15 is 0 Å². The topological polar surface area (TPSA) is 122 Å². The van der Waals surface area contributed by atoms with Crippen LogP contribution in [-0.2, 0) is 19.5 Å². The lowest BCUT2D eigenvalue weighted by Gasteiger charge is -2.06. The number of primary amides is 1. The van der Waals surface area contributed by atoms with Crippen molar-refractivity contribution in [3.63, 3.8) is 0 Å². The molecule has 0 aliphatic carbocycles. The molecule has 1 aromatic carbocycles. The van der Waals surface area contributed by atoms with E-state index in [-0.39, 0.29) is 23.8 Å². The Labute approximate surface area is 110 Å². The molecule has 0 unspecified atom stereocenters. The minimum absolute atomic E-state index is 0.0234. The number of sulfone groups is 1. The summed E-state index contributed by atoms with van der Waals surface area (Å²) in [6, 6.07) is 7.52. The van der Waals surface area contributed by atoms with Crippen LogP contribution in [-0.4, -0.2) is 33.2 Å². The van der Waals surface area contributed by atoms with Crippen LogP contribution in [0.3, 0.4) is 0 Å². The van der Waals surface area contributed by atoms with Crippen molar-refractivity contribution in [2.45, 2.75) is 4.90 Å². The van der Waals surface area contributed by atoms with E-state index < -0.39 is 15.7 Å². The average Bonchev–Trinajstić information content (AvgIpc) is 2.38. The van der Waals surface area contributed by atoms with Crippen LogP contribution in [0.4, 0.5) is 0 Å². The van der Waals surface area contributed by atoms with Crippen molar-refractivity contribution < 1.29 is 18.0 Å². The Morgan fingerprint density at radius 2 is 2.00 bits per heavy atom. The van der Waals surface area contributed by atoms with E-state index in [4.69, 9.17) is 11.0 Å². The Morgan fingerprint density at radius 1 is 1.37 bits per heavy atom.